The third-order valence-electron chi connectivity index (χ3n) is 2.11. The topological polar surface area (TPSA) is 46.5 Å². The first-order chi connectivity index (χ1) is 7.52. The van der Waals surface area contributed by atoms with Gasteiger partial charge >= 0.3 is 5.97 Å². The average Bonchev–Trinajstić information content (AvgIpc) is 2.16. The highest BCUT2D eigenvalue weighted by Gasteiger charge is 2.14. The molecule has 0 bridgehead atoms. The number of carbonyl (C=O) groups excluding carboxylic acids is 1. The Morgan fingerprint density at radius 3 is 2.75 bits per heavy atom. The van der Waals surface area contributed by atoms with Crippen molar-refractivity contribution in [3.63, 3.8) is 0 Å². The van der Waals surface area contributed by atoms with E-state index in [2.05, 4.69) is 0 Å². The number of halogens is 1. The number of aryl methyl sites for hydroxylation is 1. The molecule has 0 amide bonds. The second kappa shape index (κ2) is 5.61. The van der Waals surface area contributed by atoms with Crippen molar-refractivity contribution >= 4 is 5.97 Å². The quantitative estimate of drug-likeness (QED) is 0.800. The number of hydrogen-bond donors (Lipinski definition) is 1. The molecule has 0 aromatic heterocycles. The Bertz CT molecular complexity index is 356. The molecule has 4 heteroatoms. The lowest BCUT2D eigenvalue weighted by Gasteiger charge is -2.11. The minimum Gasteiger partial charge on any atom is -0.466 e. The fraction of sp³-hybridized carbons (Fsp3) is 0.417. The number of carbonyl (C=O) groups is 1. The third-order valence-corrected chi connectivity index (χ3v) is 2.11. The Kier molecular flexibility index (Phi) is 4.43. The van der Waals surface area contributed by atoms with Crippen LogP contribution in [0.5, 0.6) is 0 Å². The van der Waals surface area contributed by atoms with Crippen LogP contribution in [-0.2, 0) is 9.53 Å². The average molecular weight is 226 g/mol. The molecule has 0 aliphatic heterocycles. The number of benzene rings is 1. The number of aliphatic hydroxyl groups excluding tert-OH is 1. The molecule has 0 heterocycles. The molecule has 0 spiro atoms. The zero-order valence-corrected chi connectivity index (χ0v) is 9.37. The third kappa shape index (κ3) is 3.62. The van der Waals surface area contributed by atoms with E-state index >= 15 is 0 Å². The van der Waals surface area contributed by atoms with Crippen LogP contribution >= 0.6 is 0 Å². The van der Waals surface area contributed by atoms with Crippen LogP contribution in [0.15, 0.2) is 18.2 Å². The number of ether oxygens (including phenoxy) is 1. The molecular weight excluding hydrogens is 211 g/mol. The molecule has 3 nitrogen and oxygen atoms in total. The molecule has 0 aliphatic carbocycles. The molecule has 0 saturated carbocycles. The van der Waals surface area contributed by atoms with Gasteiger partial charge in [0, 0.05) is 0 Å². The van der Waals surface area contributed by atoms with Gasteiger partial charge in [0.25, 0.3) is 0 Å². The summed E-state index contributed by atoms with van der Waals surface area (Å²) in [6, 6.07) is 4.23. The van der Waals surface area contributed by atoms with Crippen LogP contribution in [0, 0.1) is 12.7 Å². The Labute approximate surface area is 93.9 Å². The SMILES string of the molecule is CCOC(=O)CC(O)c1cc(C)cc(F)c1. The summed E-state index contributed by atoms with van der Waals surface area (Å²) in [6.07, 6.45) is -1.18. The van der Waals surface area contributed by atoms with Crippen molar-refractivity contribution in [2.45, 2.75) is 26.4 Å². The zero-order chi connectivity index (χ0) is 12.1. The van der Waals surface area contributed by atoms with E-state index in [-0.39, 0.29) is 13.0 Å². The maximum absolute atomic E-state index is 13.0. The molecule has 1 N–H and O–H groups in total. The Balaban J connectivity index is 2.72. The molecule has 88 valence electrons. The van der Waals surface area contributed by atoms with Gasteiger partial charge in [-0.3, -0.25) is 4.79 Å². The minimum atomic E-state index is -1.02. The molecule has 0 radical (unpaired) electrons. The summed E-state index contributed by atoms with van der Waals surface area (Å²) in [6.45, 7) is 3.69. The summed E-state index contributed by atoms with van der Waals surface area (Å²) < 4.78 is 17.7. The van der Waals surface area contributed by atoms with Crippen LogP contribution in [0.3, 0.4) is 0 Å². The largest absolute Gasteiger partial charge is 0.466 e. The van der Waals surface area contributed by atoms with Crippen molar-refractivity contribution in [3.05, 3.63) is 35.1 Å². The van der Waals surface area contributed by atoms with E-state index in [1.54, 1.807) is 19.9 Å². The predicted octanol–water partition coefficient (Wildman–Crippen LogP) is 2.12. The highest BCUT2D eigenvalue weighted by Crippen LogP contribution is 2.19. The van der Waals surface area contributed by atoms with E-state index in [0.29, 0.717) is 11.1 Å². The molecule has 16 heavy (non-hydrogen) atoms. The minimum absolute atomic E-state index is 0.156. The standard InChI is InChI=1S/C12H15FO3/c1-3-16-12(15)7-11(14)9-4-8(2)5-10(13)6-9/h4-6,11,14H,3,7H2,1-2H3. The second-order valence-electron chi connectivity index (χ2n) is 3.59. The summed E-state index contributed by atoms with van der Waals surface area (Å²) in [7, 11) is 0. The Morgan fingerprint density at radius 1 is 1.50 bits per heavy atom. The molecular formula is C12H15FO3. The highest BCUT2D eigenvalue weighted by molar-refractivity contribution is 5.70. The van der Waals surface area contributed by atoms with Crippen LogP contribution in [0.2, 0.25) is 0 Å². The molecule has 1 rings (SSSR count). The number of esters is 1. The lowest BCUT2D eigenvalue weighted by molar-refractivity contribution is -0.145. The van der Waals surface area contributed by atoms with Crippen molar-refractivity contribution in [1.29, 1.82) is 0 Å². The summed E-state index contributed by atoms with van der Waals surface area (Å²) in [5, 5.41) is 9.70. The van der Waals surface area contributed by atoms with Gasteiger partial charge in [-0.1, -0.05) is 6.07 Å². The monoisotopic (exact) mass is 226 g/mol. The number of rotatable bonds is 4. The zero-order valence-electron chi connectivity index (χ0n) is 9.37. The van der Waals surface area contributed by atoms with Gasteiger partial charge in [0.2, 0.25) is 0 Å². The maximum atomic E-state index is 13.0. The van der Waals surface area contributed by atoms with Crippen molar-refractivity contribution < 1.29 is 19.0 Å². The number of hydrogen-bond acceptors (Lipinski definition) is 3. The summed E-state index contributed by atoms with van der Waals surface area (Å²) >= 11 is 0. The smallest absolute Gasteiger partial charge is 0.308 e. The van der Waals surface area contributed by atoms with E-state index in [4.69, 9.17) is 4.74 Å². The van der Waals surface area contributed by atoms with Crippen molar-refractivity contribution in [2.75, 3.05) is 6.61 Å². The predicted molar refractivity (Wildman–Crippen MR) is 57.3 cm³/mol. The fourth-order valence-electron chi connectivity index (χ4n) is 1.45. The molecule has 1 atom stereocenters. The number of aliphatic hydroxyl groups is 1. The fourth-order valence-corrected chi connectivity index (χ4v) is 1.45. The van der Waals surface area contributed by atoms with Gasteiger partial charge in [0.1, 0.15) is 5.82 Å². The van der Waals surface area contributed by atoms with Gasteiger partial charge in [-0.2, -0.15) is 0 Å². The van der Waals surface area contributed by atoms with E-state index in [1.807, 2.05) is 0 Å². The first-order valence-corrected chi connectivity index (χ1v) is 5.13. The van der Waals surface area contributed by atoms with E-state index < -0.39 is 17.9 Å². The van der Waals surface area contributed by atoms with Crippen LogP contribution in [0.1, 0.15) is 30.6 Å². The normalized spacial score (nSPS) is 12.2. The molecule has 1 aromatic carbocycles. The van der Waals surface area contributed by atoms with Crippen molar-refractivity contribution in [2.24, 2.45) is 0 Å². The Morgan fingerprint density at radius 2 is 2.19 bits per heavy atom. The van der Waals surface area contributed by atoms with Gasteiger partial charge in [-0.15, -0.1) is 0 Å². The van der Waals surface area contributed by atoms with E-state index in [1.165, 1.54) is 12.1 Å². The lowest BCUT2D eigenvalue weighted by Crippen LogP contribution is -2.10. The summed E-state index contributed by atoms with van der Waals surface area (Å²) in [4.78, 5) is 11.1. The van der Waals surface area contributed by atoms with Gasteiger partial charge in [0.05, 0.1) is 19.1 Å². The molecule has 1 aromatic rings. The van der Waals surface area contributed by atoms with Crippen LogP contribution < -0.4 is 0 Å². The highest BCUT2D eigenvalue weighted by atomic mass is 19.1. The van der Waals surface area contributed by atoms with Crippen LogP contribution in [0.4, 0.5) is 4.39 Å². The van der Waals surface area contributed by atoms with Crippen LogP contribution in [0.25, 0.3) is 0 Å². The Hall–Kier alpha value is -1.42. The van der Waals surface area contributed by atoms with Gasteiger partial charge in [-0.05, 0) is 37.1 Å². The van der Waals surface area contributed by atoms with Crippen molar-refractivity contribution in [3.8, 4) is 0 Å². The van der Waals surface area contributed by atoms with Gasteiger partial charge in [-0.25, -0.2) is 4.39 Å². The first-order valence-electron chi connectivity index (χ1n) is 5.13. The molecule has 0 saturated heterocycles. The lowest BCUT2D eigenvalue weighted by atomic mass is 10.0. The molecule has 0 aliphatic rings. The van der Waals surface area contributed by atoms with Crippen LogP contribution in [-0.4, -0.2) is 17.7 Å². The van der Waals surface area contributed by atoms with Crippen molar-refractivity contribution in [1.82, 2.24) is 0 Å². The maximum Gasteiger partial charge on any atom is 0.308 e. The molecule has 1 unspecified atom stereocenters. The van der Waals surface area contributed by atoms with E-state index in [0.717, 1.165) is 0 Å². The summed E-state index contributed by atoms with van der Waals surface area (Å²) in [5.74, 6) is -0.908. The second-order valence-corrected chi connectivity index (χ2v) is 3.59. The van der Waals surface area contributed by atoms with Gasteiger partial charge in [0.15, 0.2) is 0 Å². The first kappa shape index (κ1) is 12.6. The molecule has 0 fully saturated rings. The summed E-state index contributed by atoms with van der Waals surface area (Å²) in [5.41, 5.74) is 1.10. The van der Waals surface area contributed by atoms with Gasteiger partial charge < -0.3 is 9.84 Å². The van der Waals surface area contributed by atoms with E-state index in [9.17, 15) is 14.3 Å².